The van der Waals surface area contributed by atoms with Crippen LogP contribution in [0.3, 0.4) is 0 Å². The molecule has 0 amide bonds. The highest BCUT2D eigenvalue weighted by molar-refractivity contribution is 5.69. The van der Waals surface area contributed by atoms with Crippen molar-refractivity contribution < 1.29 is 9.90 Å². The standard InChI is InChI=1S/C21H27N5O2/c1-2-16-11-19(25-21(24-16)15-5-7-22-8-6-15)23-17-9-18(10-17)26(13-20(27)28)12-14-3-4-14/h5-8,11,14,17-18H,2-4,9-10,12-13H2,1H3,(H,27,28)(H,23,24,25). The third kappa shape index (κ3) is 4.65. The van der Waals surface area contributed by atoms with Gasteiger partial charge in [-0.05, 0) is 50.2 Å². The van der Waals surface area contributed by atoms with Crippen LogP contribution in [0.4, 0.5) is 5.82 Å². The van der Waals surface area contributed by atoms with Gasteiger partial charge < -0.3 is 10.4 Å². The molecule has 0 aliphatic heterocycles. The van der Waals surface area contributed by atoms with E-state index in [9.17, 15) is 9.90 Å². The van der Waals surface area contributed by atoms with Crippen molar-refractivity contribution in [2.75, 3.05) is 18.4 Å². The molecule has 148 valence electrons. The molecule has 0 saturated heterocycles. The largest absolute Gasteiger partial charge is 0.480 e. The molecular weight excluding hydrogens is 354 g/mol. The van der Waals surface area contributed by atoms with Gasteiger partial charge in [-0.3, -0.25) is 14.7 Å². The zero-order valence-electron chi connectivity index (χ0n) is 16.2. The lowest BCUT2D eigenvalue weighted by atomic mass is 9.85. The first kappa shape index (κ1) is 18.8. The van der Waals surface area contributed by atoms with E-state index in [1.807, 2.05) is 18.2 Å². The summed E-state index contributed by atoms with van der Waals surface area (Å²) in [6.45, 7) is 3.15. The number of nitrogens with zero attached hydrogens (tertiary/aromatic N) is 4. The zero-order valence-corrected chi connectivity index (χ0v) is 16.2. The normalized spacial score (nSPS) is 21.4. The van der Waals surface area contributed by atoms with Crippen molar-refractivity contribution in [2.45, 2.75) is 51.1 Å². The van der Waals surface area contributed by atoms with Gasteiger partial charge in [-0.2, -0.15) is 0 Å². The van der Waals surface area contributed by atoms with Crippen LogP contribution in [0.2, 0.25) is 0 Å². The molecule has 2 aromatic heterocycles. The minimum absolute atomic E-state index is 0.146. The quantitative estimate of drug-likeness (QED) is 0.690. The molecule has 28 heavy (non-hydrogen) atoms. The average molecular weight is 381 g/mol. The fourth-order valence-corrected chi connectivity index (χ4v) is 3.74. The number of aryl methyl sites for hydroxylation is 1. The first-order valence-corrected chi connectivity index (χ1v) is 10.1. The summed E-state index contributed by atoms with van der Waals surface area (Å²) in [5.74, 6) is 1.51. The van der Waals surface area contributed by atoms with Crippen LogP contribution in [-0.4, -0.2) is 56.1 Å². The molecule has 0 radical (unpaired) electrons. The summed E-state index contributed by atoms with van der Waals surface area (Å²) in [6.07, 6.45) is 8.73. The first-order chi connectivity index (χ1) is 13.6. The van der Waals surface area contributed by atoms with Gasteiger partial charge in [0.25, 0.3) is 0 Å². The number of hydrogen-bond donors (Lipinski definition) is 2. The van der Waals surface area contributed by atoms with Crippen molar-refractivity contribution in [2.24, 2.45) is 5.92 Å². The number of anilines is 1. The highest BCUT2D eigenvalue weighted by Gasteiger charge is 2.37. The Morgan fingerprint density at radius 1 is 1.25 bits per heavy atom. The van der Waals surface area contributed by atoms with Crippen LogP contribution in [-0.2, 0) is 11.2 Å². The Hall–Kier alpha value is -2.54. The van der Waals surface area contributed by atoms with Gasteiger partial charge in [-0.15, -0.1) is 0 Å². The molecule has 0 aromatic carbocycles. The molecule has 7 heteroatoms. The van der Waals surface area contributed by atoms with Crippen molar-refractivity contribution in [3.05, 3.63) is 36.3 Å². The van der Waals surface area contributed by atoms with E-state index in [2.05, 4.69) is 27.1 Å². The van der Waals surface area contributed by atoms with E-state index in [1.54, 1.807) is 12.4 Å². The lowest BCUT2D eigenvalue weighted by Gasteiger charge is -2.43. The van der Waals surface area contributed by atoms with E-state index < -0.39 is 5.97 Å². The molecule has 2 heterocycles. The lowest BCUT2D eigenvalue weighted by molar-refractivity contribution is -0.139. The summed E-state index contributed by atoms with van der Waals surface area (Å²) >= 11 is 0. The van der Waals surface area contributed by atoms with Crippen LogP contribution < -0.4 is 5.32 Å². The second-order valence-electron chi connectivity index (χ2n) is 7.89. The number of rotatable bonds is 9. The second kappa shape index (κ2) is 8.22. The van der Waals surface area contributed by atoms with E-state index in [4.69, 9.17) is 4.98 Å². The molecule has 2 fully saturated rings. The summed E-state index contributed by atoms with van der Waals surface area (Å²) in [4.78, 5) is 26.7. The molecule has 0 atom stereocenters. The number of carbonyl (C=O) groups is 1. The fraction of sp³-hybridized carbons (Fsp3) is 0.524. The molecule has 0 bridgehead atoms. The topological polar surface area (TPSA) is 91.2 Å². The van der Waals surface area contributed by atoms with Crippen LogP contribution in [0.15, 0.2) is 30.6 Å². The smallest absolute Gasteiger partial charge is 0.317 e. The minimum Gasteiger partial charge on any atom is -0.480 e. The highest BCUT2D eigenvalue weighted by atomic mass is 16.4. The molecule has 2 aromatic rings. The van der Waals surface area contributed by atoms with Gasteiger partial charge in [0.1, 0.15) is 5.82 Å². The van der Waals surface area contributed by atoms with Gasteiger partial charge >= 0.3 is 5.97 Å². The number of carboxylic acids is 1. The summed E-state index contributed by atoms with van der Waals surface area (Å²) in [7, 11) is 0. The minimum atomic E-state index is -0.734. The number of carboxylic acid groups (broad SMARTS) is 1. The Kier molecular flexibility index (Phi) is 5.52. The molecular formula is C21H27N5O2. The van der Waals surface area contributed by atoms with Gasteiger partial charge in [0.15, 0.2) is 5.82 Å². The van der Waals surface area contributed by atoms with Crippen LogP contribution in [0.5, 0.6) is 0 Å². The Balaban J connectivity index is 1.40. The number of hydrogen-bond acceptors (Lipinski definition) is 6. The highest BCUT2D eigenvalue weighted by Crippen LogP contribution is 2.34. The summed E-state index contributed by atoms with van der Waals surface area (Å²) < 4.78 is 0. The van der Waals surface area contributed by atoms with Crippen molar-refractivity contribution in [1.82, 2.24) is 19.9 Å². The van der Waals surface area contributed by atoms with E-state index in [1.165, 1.54) is 12.8 Å². The second-order valence-corrected chi connectivity index (χ2v) is 7.89. The van der Waals surface area contributed by atoms with Crippen LogP contribution in [0, 0.1) is 5.92 Å². The molecule has 4 rings (SSSR count). The molecule has 0 unspecified atom stereocenters. The zero-order chi connectivity index (χ0) is 19.5. The van der Waals surface area contributed by atoms with Crippen molar-refractivity contribution in [3.8, 4) is 11.4 Å². The van der Waals surface area contributed by atoms with Crippen LogP contribution >= 0.6 is 0 Å². The Labute approximate surface area is 165 Å². The maximum atomic E-state index is 11.2. The van der Waals surface area contributed by atoms with Gasteiger partial charge in [-0.25, -0.2) is 9.97 Å². The van der Waals surface area contributed by atoms with Crippen molar-refractivity contribution >= 4 is 11.8 Å². The fourth-order valence-electron chi connectivity index (χ4n) is 3.74. The van der Waals surface area contributed by atoms with Crippen molar-refractivity contribution in [1.29, 1.82) is 0 Å². The maximum absolute atomic E-state index is 11.2. The molecule has 2 saturated carbocycles. The maximum Gasteiger partial charge on any atom is 0.317 e. The predicted octanol–water partition coefficient (Wildman–Crippen LogP) is 2.84. The molecule has 7 nitrogen and oxygen atoms in total. The van der Waals surface area contributed by atoms with E-state index in [0.29, 0.717) is 23.8 Å². The molecule has 0 spiro atoms. The molecule has 2 N–H and O–H groups in total. The van der Waals surface area contributed by atoms with E-state index >= 15 is 0 Å². The predicted molar refractivity (Wildman–Crippen MR) is 107 cm³/mol. The molecule has 2 aliphatic carbocycles. The van der Waals surface area contributed by atoms with Gasteiger partial charge in [0, 0.05) is 48.3 Å². The van der Waals surface area contributed by atoms with E-state index in [0.717, 1.165) is 42.9 Å². The number of aromatic nitrogens is 3. The van der Waals surface area contributed by atoms with Gasteiger partial charge in [-0.1, -0.05) is 6.92 Å². The first-order valence-electron chi connectivity index (χ1n) is 10.1. The van der Waals surface area contributed by atoms with Crippen LogP contribution in [0.25, 0.3) is 11.4 Å². The van der Waals surface area contributed by atoms with Crippen molar-refractivity contribution in [3.63, 3.8) is 0 Å². The summed E-state index contributed by atoms with van der Waals surface area (Å²) in [5.41, 5.74) is 1.96. The average Bonchev–Trinajstić information content (AvgIpc) is 3.48. The number of pyridine rings is 1. The summed E-state index contributed by atoms with van der Waals surface area (Å²) in [5, 5.41) is 12.7. The number of nitrogens with one attached hydrogen (secondary N) is 1. The van der Waals surface area contributed by atoms with Crippen LogP contribution in [0.1, 0.15) is 38.3 Å². The SMILES string of the molecule is CCc1cc(NC2CC(N(CC(=O)O)CC3CC3)C2)nc(-c2ccncc2)n1. The Bertz CT molecular complexity index is 819. The van der Waals surface area contributed by atoms with Gasteiger partial charge in [0.05, 0.1) is 6.54 Å². The summed E-state index contributed by atoms with van der Waals surface area (Å²) in [6, 6.07) is 6.52. The van der Waals surface area contributed by atoms with Gasteiger partial charge in [0.2, 0.25) is 0 Å². The number of aliphatic carboxylic acids is 1. The monoisotopic (exact) mass is 381 g/mol. The third-order valence-electron chi connectivity index (χ3n) is 5.59. The Morgan fingerprint density at radius 2 is 2.00 bits per heavy atom. The van der Waals surface area contributed by atoms with E-state index in [-0.39, 0.29) is 6.54 Å². The lowest BCUT2D eigenvalue weighted by Crippen LogP contribution is -2.52. The molecule has 2 aliphatic rings. The Morgan fingerprint density at radius 3 is 2.64 bits per heavy atom. The third-order valence-corrected chi connectivity index (χ3v) is 5.59.